The van der Waals surface area contributed by atoms with E-state index < -0.39 is 0 Å². The van der Waals surface area contributed by atoms with Crippen LogP contribution in [-0.2, 0) is 4.74 Å². The highest BCUT2D eigenvalue weighted by molar-refractivity contribution is 4.81. The molecule has 0 spiro atoms. The van der Waals surface area contributed by atoms with E-state index in [1.54, 1.807) is 0 Å². The maximum atomic E-state index is 5.68. The summed E-state index contributed by atoms with van der Waals surface area (Å²) in [5.41, 5.74) is 5.68. The highest BCUT2D eigenvalue weighted by atomic mass is 16.5. The average molecular weight is 156 g/mol. The summed E-state index contributed by atoms with van der Waals surface area (Å²) in [6.07, 6.45) is 3.96. The van der Waals surface area contributed by atoms with Gasteiger partial charge in [0, 0.05) is 12.6 Å². The summed E-state index contributed by atoms with van der Waals surface area (Å²) in [7, 11) is 0. The van der Waals surface area contributed by atoms with Crippen LogP contribution in [0.25, 0.3) is 0 Å². The van der Waals surface area contributed by atoms with E-state index in [-0.39, 0.29) is 6.23 Å². The molecule has 0 bridgehead atoms. The molecule has 2 heterocycles. The molecule has 0 aromatic rings. The number of fused-ring (bicyclic) bond motifs is 1. The van der Waals surface area contributed by atoms with Crippen molar-refractivity contribution in [1.82, 2.24) is 4.90 Å². The maximum absolute atomic E-state index is 5.68. The number of piperidine rings is 1. The van der Waals surface area contributed by atoms with Crippen molar-refractivity contribution in [3.8, 4) is 0 Å². The lowest BCUT2D eigenvalue weighted by atomic mass is 10.0. The van der Waals surface area contributed by atoms with Gasteiger partial charge in [-0.2, -0.15) is 0 Å². The predicted molar refractivity (Wildman–Crippen MR) is 43.1 cm³/mol. The number of morpholine rings is 1. The van der Waals surface area contributed by atoms with Gasteiger partial charge in [-0.25, -0.2) is 0 Å². The van der Waals surface area contributed by atoms with Gasteiger partial charge >= 0.3 is 0 Å². The summed E-state index contributed by atoms with van der Waals surface area (Å²) in [6.45, 7) is 3.01. The molecule has 2 atom stereocenters. The van der Waals surface area contributed by atoms with Gasteiger partial charge in [-0.15, -0.1) is 0 Å². The zero-order chi connectivity index (χ0) is 7.68. The Morgan fingerprint density at radius 2 is 2.27 bits per heavy atom. The van der Waals surface area contributed by atoms with Crippen LogP contribution in [0.3, 0.4) is 0 Å². The standard InChI is InChI=1S/C8H16N2O/c9-8-5-10-4-2-1-3-7(10)6-11-8/h7-8H,1-6,9H2. The van der Waals surface area contributed by atoms with Crippen LogP contribution >= 0.6 is 0 Å². The molecule has 0 aliphatic carbocycles. The molecule has 2 rings (SSSR count). The first-order valence-electron chi connectivity index (χ1n) is 4.47. The number of nitrogens with two attached hydrogens (primary N) is 1. The minimum atomic E-state index is -0.0376. The summed E-state index contributed by atoms with van der Waals surface area (Å²) in [5, 5.41) is 0. The Kier molecular flexibility index (Phi) is 2.11. The van der Waals surface area contributed by atoms with Crippen molar-refractivity contribution in [3.05, 3.63) is 0 Å². The molecule has 11 heavy (non-hydrogen) atoms. The fourth-order valence-corrected chi connectivity index (χ4v) is 2.01. The van der Waals surface area contributed by atoms with Gasteiger partial charge in [0.25, 0.3) is 0 Å². The molecule has 0 aromatic heterocycles. The highest BCUT2D eigenvalue weighted by Crippen LogP contribution is 2.20. The first-order chi connectivity index (χ1) is 5.36. The molecule has 64 valence electrons. The van der Waals surface area contributed by atoms with Gasteiger partial charge in [-0.3, -0.25) is 4.90 Å². The lowest BCUT2D eigenvalue weighted by Crippen LogP contribution is -2.54. The number of rotatable bonds is 0. The zero-order valence-electron chi connectivity index (χ0n) is 6.83. The second-order valence-corrected chi connectivity index (χ2v) is 3.52. The Labute approximate surface area is 67.5 Å². The van der Waals surface area contributed by atoms with Crippen LogP contribution in [0.5, 0.6) is 0 Å². The van der Waals surface area contributed by atoms with Crippen molar-refractivity contribution < 1.29 is 4.74 Å². The van der Waals surface area contributed by atoms with E-state index in [2.05, 4.69) is 4.90 Å². The summed E-state index contributed by atoms with van der Waals surface area (Å²) in [6, 6.07) is 0.670. The minimum absolute atomic E-state index is 0.0376. The molecule has 0 aromatic carbocycles. The summed E-state index contributed by atoms with van der Waals surface area (Å²) < 4.78 is 5.38. The van der Waals surface area contributed by atoms with Gasteiger partial charge in [-0.05, 0) is 19.4 Å². The summed E-state index contributed by atoms with van der Waals surface area (Å²) in [4.78, 5) is 2.47. The molecule has 2 N–H and O–H groups in total. The topological polar surface area (TPSA) is 38.5 Å². The third kappa shape index (κ3) is 1.55. The SMILES string of the molecule is NC1CN2CCCCC2CO1. The molecular formula is C8H16N2O. The van der Waals surface area contributed by atoms with Crippen molar-refractivity contribution in [2.75, 3.05) is 19.7 Å². The normalized spacial score (nSPS) is 40.1. The Balaban J connectivity index is 1.93. The molecule has 2 aliphatic rings. The van der Waals surface area contributed by atoms with E-state index in [0.717, 1.165) is 13.2 Å². The van der Waals surface area contributed by atoms with Gasteiger partial charge < -0.3 is 10.5 Å². The third-order valence-corrected chi connectivity index (χ3v) is 2.67. The Morgan fingerprint density at radius 1 is 1.36 bits per heavy atom. The van der Waals surface area contributed by atoms with E-state index >= 15 is 0 Å². The van der Waals surface area contributed by atoms with Gasteiger partial charge in [0.15, 0.2) is 0 Å². The first kappa shape index (κ1) is 7.53. The number of ether oxygens (including phenoxy) is 1. The molecule has 2 aliphatic heterocycles. The van der Waals surface area contributed by atoms with E-state index in [1.807, 2.05) is 0 Å². The monoisotopic (exact) mass is 156 g/mol. The minimum Gasteiger partial charge on any atom is -0.361 e. The van der Waals surface area contributed by atoms with E-state index in [1.165, 1.54) is 25.8 Å². The number of nitrogens with zero attached hydrogens (tertiary/aromatic N) is 1. The van der Waals surface area contributed by atoms with Crippen molar-refractivity contribution in [1.29, 1.82) is 0 Å². The van der Waals surface area contributed by atoms with Crippen LogP contribution in [0.15, 0.2) is 0 Å². The van der Waals surface area contributed by atoms with Gasteiger partial charge in [0.1, 0.15) is 6.23 Å². The van der Waals surface area contributed by atoms with Crippen molar-refractivity contribution in [3.63, 3.8) is 0 Å². The zero-order valence-corrected chi connectivity index (χ0v) is 6.83. The summed E-state index contributed by atoms with van der Waals surface area (Å²) >= 11 is 0. The Morgan fingerprint density at radius 3 is 3.18 bits per heavy atom. The quantitative estimate of drug-likeness (QED) is 0.543. The molecule has 0 saturated carbocycles. The van der Waals surface area contributed by atoms with Crippen LogP contribution in [0, 0.1) is 0 Å². The van der Waals surface area contributed by atoms with Crippen LogP contribution in [-0.4, -0.2) is 36.9 Å². The van der Waals surface area contributed by atoms with E-state index in [4.69, 9.17) is 10.5 Å². The van der Waals surface area contributed by atoms with Crippen molar-refractivity contribution in [2.24, 2.45) is 5.73 Å². The number of hydrogen-bond donors (Lipinski definition) is 1. The maximum Gasteiger partial charge on any atom is 0.118 e. The highest BCUT2D eigenvalue weighted by Gasteiger charge is 2.28. The molecule has 3 heteroatoms. The fourth-order valence-electron chi connectivity index (χ4n) is 2.01. The predicted octanol–water partition coefficient (Wildman–Crippen LogP) is 0.156. The third-order valence-electron chi connectivity index (χ3n) is 2.67. The lowest BCUT2D eigenvalue weighted by molar-refractivity contribution is -0.0718. The Bertz CT molecular complexity index is 140. The van der Waals surface area contributed by atoms with Crippen molar-refractivity contribution in [2.45, 2.75) is 31.5 Å². The summed E-state index contributed by atoms with van der Waals surface area (Å²) in [5.74, 6) is 0. The van der Waals surface area contributed by atoms with E-state index in [9.17, 15) is 0 Å². The second-order valence-electron chi connectivity index (χ2n) is 3.52. The largest absolute Gasteiger partial charge is 0.361 e. The van der Waals surface area contributed by atoms with Gasteiger partial charge in [0.05, 0.1) is 6.61 Å². The molecule has 3 nitrogen and oxygen atoms in total. The lowest BCUT2D eigenvalue weighted by Gasteiger charge is -2.41. The molecule has 2 fully saturated rings. The Hall–Kier alpha value is -0.120. The fraction of sp³-hybridized carbons (Fsp3) is 1.00. The molecule has 2 unspecified atom stereocenters. The first-order valence-corrected chi connectivity index (χ1v) is 4.47. The van der Waals surface area contributed by atoms with Crippen molar-refractivity contribution >= 4 is 0 Å². The molecular weight excluding hydrogens is 140 g/mol. The average Bonchev–Trinajstić information content (AvgIpc) is 2.04. The smallest absolute Gasteiger partial charge is 0.118 e. The van der Waals surface area contributed by atoms with Crippen LogP contribution in [0.2, 0.25) is 0 Å². The van der Waals surface area contributed by atoms with Crippen LogP contribution in [0.1, 0.15) is 19.3 Å². The molecule has 2 saturated heterocycles. The molecule has 0 amide bonds. The van der Waals surface area contributed by atoms with E-state index in [0.29, 0.717) is 6.04 Å². The second kappa shape index (κ2) is 3.09. The van der Waals surface area contributed by atoms with Crippen LogP contribution in [0.4, 0.5) is 0 Å². The number of hydrogen-bond acceptors (Lipinski definition) is 3. The van der Waals surface area contributed by atoms with Gasteiger partial charge in [0.2, 0.25) is 0 Å². The van der Waals surface area contributed by atoms with Gasteiger partial charge in [-0.1, -0.05) is 6.42 Å². The molecule has 0 radical (unpaired) electrons. The van der Waals surface area contributed by atoms with Crippen LogP contribution < -0.4 is 5.73 Å².